The van der Waals surface area contributed by atoms with Crippen molar-refractivity contribution in [2.75, 3.05) is 0 Å². The van der Waals surface area contributed by atoms with E-state index in [0.717, 1.165) is 10.5 Å². The third-order valence-corrected chi connectivity index (χ3v) is 5.04. The van der Waals surface area contributed by atoms with Crippen molar-refractivity contribution in [2.24, 2.45) is 5.92 Å². The van der Waals surface area contributed by atoms with E-state index in [1.807, 2.05) is 0 Å². The fourth-order valence-corrected chi connectivity index (χ4v) is 4.36. The lowest BCUT2D eigenvalue weighted by Crippen LogP contribution is -2.40. The number of hydrogen-bond donors (Lipinski definition) is 0. The van der Waals surface area contributed by atoms with Crippen LogP contribution >= 0.6 is 0 Å². The highest BCUT2D eigenvalue weighted by molar-refractivity contribution is 5.98. The first-order valence-corrected chi connectivity index (χ1v) is 8.10. The Kier molecular flexibility index (Phi) is 4.79. The average Bonchev–Trinajstić information content (AvgIpc) is 2.50. The van der Waals surface area contributed by atoms with Crippen LogP contribution in [0.4, 0.5) is 0 Å². The van der Waals surface area contributed by atoms with Crippen molar-refractivity contribution < 1.29 is 4.43 Å². The molecule has 1 nitrogen and oxygen atoms in total. The fraction of sp³-hybridized carbons (Fsp3) is 0.333. The van der Waals surface area contributed by atoms with Crippen LogP contribution in [0.1, 0.15) is 37.8 Å². The smallest absolute Gasteiger partial charge is 0.147 e. The minimum atomic E-state index is -0.241. The van der Waals surface area contributed by atoms with E-state index in [-0.39, 0.29) is 5.60 Å². The maximum atomic E-state index is 6.24. The molecule has 20 heavy (non-hydrogen) atoms. The van der Waals surface area contributed by atoms with E-state index in [0.29, 0.717) is 11.8 Å². The van der Waals surface area contributed by atoms with E-state index in [1.165, 1.54) is 11.1 Å². The summed E-state index contributed by atoms with van der Waals surface area (Å²) in [7, 11) is 0.728. The molecule has 0 heterocycles. The van der Waals surface area contributed by atoms with E-state index < -0.39 is 0 Å². The summed E-state index contributed by atoms with van der Waals surface area (Å²) in [5, 5.41) is 0. The van der Waals surface area contributed by atoms with Crippen LogP contribution < -0.4 is 0 Å². The van der Waals surface area contributed by atoms with Gasteiger partial charge in [-0.3, -0.25) is 0 Å². The summed E-state index contributed by atoms with van der Waals surface area (Å²) in [6.07, 6.45) is 0. The maximum Gasteiger partial charge on any atom is 0.147 e. The van der Waals surface area contributed by atoms with Gasteiger partial charge in [-0.15, -0.1) is 0 Å². The summed E-state index contributed by atoms with van der Waals surface area (Å²) in [5.41, 5.74) is 2.37. The summed E-state index contributed by atoms with van der Waals surface area (Å²) in [6, 6.07) is 21.3. The van der Waals surface area contributed by atoms with Gasteiger partial charge in [0, 0.05) is 5.92 Å². The first-order valence-electron chi connectivity index (χ1n) is 7.28. The van der Waals surface area contributed by atoms with Gasteiger partial charge in [0.2, 0.25) is 0 Å². The average molecular weight is 284 g/mol. The molecule has 2 unspecified atom stereocenters. The molecule has 106 valence electrons. The van der Waals surface area contributed by atoms with E-state index in [9.17, 15) is 0 Å². The zero-order valence-corrected chi connectivity index (χ0v) is 14.8. The molecule has 0 amide bonds. The van der Waals surface area contributed by atoms with Crippen molar-refractivity contribution in [3.8, 4) is 0 Å². The predicted molar refractivity (Wildman–Crippen MR) is 88.8 cm³/mol. The second-order valence-electron chi connectivity index (χ2n) is 5.65. The van der Waals surface area contributed by atoms with Gasteiger partial charge in [-0.2, -0.15) is 0 Å². The molecule has 2 aromatic rings. The molecular weight excluding hydrogens is 260 g/mol. The minimum absolute atomic E-state index is 0.241. The Bertz CT molecular complexity index is 524. The Hall–Kier alpha value is -1.38. The topological polar surface area (TPSA) is 9.23 Å². The van der Waals surface area contributed by atoms with Crippen LogP contribution in [-0.4, -0.2) is 10.5 Å². The summed E-state index contributed by atoms with van der Waals surface area (Å²) in [6.45, 7) is 6.79. The standard InChI is InChI=1S/C18H24OSi/c1-14(2)18(19-20,17-12-8-5-9-13-17)15(3)16-10-6-4-7-11-16/h4-15H,1-3,20H3. The van der Waals surface area contributed by atoms with Gasteiger partial charge >= 0.3 is 0 Å². The highest BCUT2D eigenvalue weighted by Crippen LogP contribution is 2.45. The zero-order valence-electron chi connectivity index (χ0n) is 12.8. The van der Waals surface area contributed by atoms with E-state index in [4.69, 9.17) is 4.43 Å². The molecule has 2 atom stereocenters. The Morgan fingerprint density at radius 1 is 0.850 bits per heavy atom. The lowest BCUT2D eigenvalue weighted by molar-refractivity contribution is 0.00235. The monoisotopic (exact) mass is 284 g/mol. The number of benzene rings is 2. The van der Waals surface area contributed by atoms with Gasteiger partial charge < -0.3 is 4.43 Å². The molecule has 0 aliphatic rings. The van der Waals surface area contributed by atoms with Crippen molar-refractivity contribution in [2.45, 2.75) is 32.3 Å². The molecule has 0 aromatic heterocycles. The molecule has 0 N–H and O–H groups in total. The summed E-state index contributed by atoms with van der Waals surface area (Å²) in [5.74, 6) is 0.737. The van der Waals surface area contributed by atoms with E-state index >= 15 is 0 Å². The fourth-order valence-electron chi connectivity index (χ4n) is 3.30. The Morgan fingerprint density at radius 2 is 1.35 bits per heavy atom. The molecule has 0 radical (unpaired) electrons. The van der Waals surface area contributed by atoms with E-state index in [1.54, 1.807) is 0 Å². The predicted octanol–water partition coefficient (Wildman–Crippen LogP) is 3.64. The largest absolute Gasteiger partial charge is 0.418 e. The molecule has 2 heteroatoms. The molecule has 0 spiro atoms. The van der Waals surface area contributed by atoms with Gasteiger partial charge in [0.05, 0.1) is 5.60 Å². The Labute approximate surface area is 125 Å². The lowest BCUT2D eigenvalue weighted by Gasteiger charge is -2.43. The van der Waals surface area contributed by atoms with Crippen molar-refractivity contribution in [1.29, 1.82) is 0 Å². The maximum absolute atomic E-state index is 6.24. The number of hydrogen-bond acceptors (Lipinski definition) is 1. The minimum Gasteiger partial charge on any atom is -0.418 e. The first kappa shape index (κ1) is 15.0. The van der Waals surface area contributed by atoms with Crippen molar-refractivity contribution in [1.82, 2.24) is 0 Å². The van der Waals surface area contributed by atoms with Crippen LogP contribution in [0.2, 0.25) is 0 Å². The normalized spacial score (nSPS) is 16.0. The lowest BCUT2D eigenvalue weighted by atomic mass is 9.72. The second-order valence-corrected chi connectivity index (χ2v) is 6.06. The summed E-state index contributed by atoms with van der Waals surface area (Å²) < 4.78 is 6.24. The third-order valence-electron chi connectivity index (χ3n) is 4.36. The van der Waals surface area contributed by atoms with Crippen LogP contribution in [0.15, 0.2) is 60.7 Å². The molecule has 2 rings (SSSR count). The van der Waals surface area contributed by atoms with Gasteiger partial charge in [-0.05, 0) is 17.0 Å². The van der Waals surface area contributed by atoms with Crippen LogP contribution in [0.5, 0.6) is 0 Å². The van der Waals surface area contributed by atoms with Gasteiger partial charge in [0.1, 0.15) is 10.5 Å². The molecule has 0 saturated carbocycles. The van der Waals surface area contributed by atoms with Crippen molar-refractivity contribution >= 4 is 10.5 Å². The number of rotatable bonds is 5. The molecule has 0 bridgehead atoms. The summed E-state index contributed by atoms with van der Waals surface area (Å²) >= 11 is 0. The van der Waals surface area contributed by atoms with Gasteiger partial charge in [-0.25, -0.2) is 0 Å². The zero-order chi connectivity index (χ0) is 14.6. The molecule has 0 saturated heterocycles. The van der Waals surface area contributed by atoms with Gasteiger partial charge in [0.15, 0.2) is 0 Å². The SMILES string of the molecule is CC(C)C(O[SiH3])(c1ccccc1)C(C)c1ccccc1. The third kappa shape index (κ3) is 2.58. The Balaban J connectivity index is 2.53. The van der Waals surface area contributed by atoms with E-state index in [2.05, 4.69) is 81.4 Å². The second kappa shape index (κ2) is 6.38. The molecular formula is C18H24OSi. The first-order chi connectivity index (χ1) is 9.63. The van der Waals surface area contributed by atoms with Crippen LogP contribution in [-0.2, 0) is 10.0 Å². The van der Waals surface area contributed by atoms with Crippen LogP contribution in [0.25, 0.3) is 0 Å². The van der Waals surface area contributed by atoms with Crippen LogP contribution in [0.3, 0.4) is 0 Å². The molecule has 0 aliphatic heterocycles. The van der Waals surface area contributed by atoms with Crippen LogP contribution in [0, 0.1) is 5.92 Å². The quantitative estimate of drug-likeness (QED) is 0.762. The van der Waals surface area contributed by atoms with Gasteiger partial charge in [-0.1, -0.05) is 81.4 Å². The summed E-state index contributed by atoms with van der Waals surface area (Å²) in [4.78, 5) is 0. The van der Waals surface area contributed by atoms with Crippen molar-refractivity contribution in [3.05, 3.63) is 71.8 Å². The molecule has 0 fully saturated rings. The highest BCUT2D eigenvalue weighted by Gasteiger charge is 2.41. The van der Waals surface area contributed by atoms with Crippen molar-refractivity contribution in [3.63, 3.8) is 0 Å². The Morgan fingerprint density at radius 3 is 1.80 bits per heavy atom. The molecule has 0 aliphatic carbocycles. The van der Waals surface area contributed by atoms with Gasteiger partial charge in [0.25, 0.3) is 0 Å². The highest BCUT2D eigenvalue weighted by atomic mass is 28.2. The molecule has 2 aromatic carbocycles.